The van der Waals surface area contributed by atoms with Crippen LogP contribution in [0.5, 0.6) is 5.75 Å². The van der Waals surface area contributed by atoms with Crippen LogP contribution < -0.4 is 10.6 Å². The van der Waals surface area contributed by atoms with Crippen LogP contribution in [0.3, 0.4) is 0 Å². The van der Waals surface area contributed by atoms with Gasteiger partial charge in [0.15, 0.2) is 11.6 Å². The van der Waals surface area contributed by atoms with Crippen LogP contribution in [0.4, 0.5) is 10.1 Å². The molecule has 1 heterocycles. The Morgan fingerprint density at radius 1 is 1.50 bits per heavy atom. The van der Waals surface area contributed by atoms with Gasteiger partial charge in [0.2, 0.25) is 0 Å². The predicted octanol–water partition coefficient (Wildman–Crippen LogP) is 1.07. The summed E-state index contributed by atoms with van der Waals surface area (Å²) in [4.78, 5) is 2.02. The van der Waals surface area contributed by atoms with Gasteiger partial charge in [-0.25, -0.2) is 4.39 Å². The summed E-state index contributed by atoms with van der Waals surface area (Å²) in [6.45, 7) is 1.61. The van der Waals surface area contributed by atoms with Crippen molar-refractivity contribution in [2.45, 2.75) is 12.5 Å². The van der Waals surface area contributed by atoms with E-state index in [1.165, 1.54) is 12.1 Å². The van der Waals surface area contributed by atoms with Gasteiger partial charge in [-0.05, 0) is 18.6 Å². The zero-order valence-electron chi connectivity index (χ0n) is 7.78. The molecule has 1 aromatic carbocycles. The fourth-order valence-corrected chi connectivity index (χ4v) is 1.71. The third kappa shape index (κ3) is 1.65. The summed E-state index contributed by atoms with van der Waals surface area (Å²) in [6, 6.07) is 4.59. The zero-order valence-corrected chi connectivity index (χ0v) is 7.78. The normalized spacial score (nSPS) is 21.6. The Labute approximate surface area is 81.9 Å². The molecule has 1 fully saturated rings. The second kappa shape index (κ2) is 3.46. The summed E-state index contributed by atoms with van der Waals surface area (Å²) >= 11 is 0. The maximum atomic E-state index is 13.0. The van der Waals surface area contributed by atoms with E-state index < -0.39 is 5.82 Å². The summed E-state index contributed by atoms with van der Waals surface area (Å²) in [6.07, 6.45) is 0.933. The van der Waals surface area contributed by atoms with Crippen molar-refractivity contribution in [3.8, 4) is 5.75 Å². The van der Waals surface area contributed by atoms with Gasteiger partial charge in [0.05, 0.1) is 0 Å². The topological polar surface area (TPSA) is 49.5 Å². The third-order valence-corrected chi connectivity index (χ3v) is 2.52. The van der Waals surface area contributed by atoms with Gasteiger partial charge in [-0.3, -0.25) is 0 Å². The molecule has 0 bridgehead atoms. The predicted molar refractivity (Wildman–Crippen MR) is 52.9 cm³/mol. The van der Waals surface area contributed by atoms with Crippen molar-refractivity contribution in [1.29, 1.82) is 0 Å². The summed E-state index contributed by atoms with van der Waals surface area (Å²) in [7, 11) is 0. The Bertz CT molecular complexity index is 343. The van der Waals surface area contributed by atoms with Gasteiger partial charge in [0, 0.05) is 30.9 Å². The molecule has 1 aliphatic rings. The first-order valence-electron chi connectivity index (χ1n) is 4.66. The number of phenols is 1. The third-order valence-electron chi connectivity index (χ3n) is 2.52. The maximum Gasteiger partial charge on any atom is 0.166 e. The van der Waals surface area contributed by atoms with E-state index in [4.69, 9.17) is 10.8 Å². The molecule has 1 aliphatic heterocycles. The van der Waals surface area contributed by atoms with Crippen LogP contribution in [0.25, 0.3) is 0 Å². The first-order chi connectivity index (χ1) is 6.66. The van der Waals surface area contributed by atoms with Crippen LogP contribution in [0, 0.1) is 5.82 Å². The van der Waals surface area contributed by atoms with Gasteiger partial charge >= 0.3 is 0 Å². The van der Waals surface area contributed by atoms with E-state index in [9.17, 15) is 4.39 Å². The molecule has 4 heteroatoms. The highest BCUT2D eigenvalue weighted by molar-refractivity contribution is 5.50. The Morgan fingerprint density at radius 2 is 2.29 bits per heavy atom. The number of nitrogens with two attached hydrogens (primary N) is 1. The first-order valence-corrected chi connectivity index (χ1v) is 4.66. The molecule has 76 valence electrons. The SMILES string of the molecule is NC1CCN(c2ccc(O)c(F)c2)C1. The summed E-state index contributed by atoms with van der Waals surface area (Å²) in [5.41, 5.74) is 6.53. The molecule has 1 saturated heterocycles. The van der Waals surface area contributed by atoms with Crippen LogP contribution in [0.1, 0.15) is 6.42 Å². The molecule has 3 nitrogen and oxygen atoms in total. The minimum atomic E-state index is -0.581. The van der Waals surface area contributed by atoms with Gasteiger partial charge in [0.1, 0.15) is 0 Å². The van der Waals surface area contributed by atoms with Crippen molar-refractivity contribution in [1.82, 2.24) is 0 Å². The number of phenolic OH excluding ortho intramolecular Hbond substituents is 1. The van der Waals surface area contributed by atoms with Crippen molar-refractivity contribution in [3.05, 3.63) is 24.0 Å². The number of hydrogen-bond acceptors (Lipinski definition) is 3. The summed E-state index contributed by atoms with van der Waals surface area (Å²) in [5.74, 6) is -0.889. The second-order valence-corrected chi connectivity index (χ2v) is 3.63. The van der Waals surface area contributed by atoms with E-state index in [2.05, 4.69) is 0 Å². The molecule has 0 amide bonds. The molecule has 2 rings (SSSR count). The lowest BCUT2D eigenvalue weighted by molar-refractivity contribution is 0.432. The Morgan fingerprint density at radius 3 is 2.86 bits per heavy atom. The molecule has 0 saturated carbocycles. The van der Waals surface area contributed by atoms with E-state index in [0.717, 1.165) is 25.2 Å². The molecular formula is C10H13FN2O. The quantitative estimate of drug-likeness (QED) is 0.706. The number of nitrogens with zero attached hydrogens (tertiary/aromatic N) is 1. The number of anilines is 1. The molecule has 1 aromatic rings. The van der Waals surface area contributed by atoms with Gasteiger partial charge < -0.3 is 15.7 Å². The average molecular weight is 196 g/mol. The van der Waals surface area contributed by atoms with Crippen LogP contribution in [0.2, 0.25) is 0 Å². The Balaban J connectivity index is 2.20. The number of hydrogen-bond donors (Lipinski definition) is 2. The highest BCUT2D eigenvalue weighted by Gasteiger charge is 2.19. The van der Waals surface area contributed by atoms with Crippen LogP contribution in [-0.4, -0.2) is 24.2 Å². The van der Waals surface area contributed by atoms with Crippen molar-refractivity contribution in [3.63, 3.8) is 0 Å². The van der Waals surface area contributed by atoms with E-state index in [1.54, 1.807) is 6.07 Å². The summed E-state index contributed by atoms with van der Waals surface area (Å²) < 4.78 is 13.0. The van der Waals surface area contributed by atoms with Crippen molar-refractivity contribution in [2.24, 2.45) is 5.73 Å². The lowest BCUT2D eigenvalue weighted by Gasteiger charge is -2.17. The van der Waals surface area contributed by atoms with E-state index >= 15 is 0 Å². The minimum absolute atomic E-state index is 0.173. The number of benzene rings is 1. The highest BCUT2D eigenvalue weighted by Crippen LogP contribution is 2.24. The lowest BCUT2D eigenvalue weighted by Crippen LogP contribution is -2.26. The molecular weight excluding hydrogens is 183 g/mol. The van der Waals surface area contributed by atoms with E-state index in [-0.39, 0.29) is 11.8 Å². The smallest absolute Gasteiger partial charge is 0.166 e. The number of rotatable bonds is 1. The lowest BCUT2D eigenvalue weighted by atomic mass is 10.2. The highest BCUT2D eigenvalue weighted by atomic mass is 19.1. The molecule has 1 unspecified atom stereocenters. The Hall–Kier alpha value is -1.29. The van der Waals surface area contributed by atoms with Crippen molar-refractivity contribution >= 4 is 5.69 Å². The largest absolute Gasteiger partial charge is 0.505 e. The zero-order chi connectivity index (χ0) is 10.1. The Kier molecular flexibility index (Phi) is 2.29. The van der Waals surface area contributed by atoms with Gasteiger partial charge in [-0.1, -0.05) is 0 Å². The fraction of sp³-hybridized carbons (Fsp3) is 0.400. The van der Waals surface area contributed by atoms with Crippen LogP contribution in [0.15, 0.2) is 18.2 Å². The monoisotopic (exact) mass is 196 g/mol. The number of halogens is 1. The molecule has 3 N–H and O–H groups in total. The molecule has 0 spiro atoms. The van der Waals surface area contributed by atoms with Crippen LogP contribution in [-0.2, 0) is 0 Å². The molecule has 0 aliphatic carbocycles. The maximum absolute atomic E-state index is 13.0. The molecule has 0 radical (unpaired) electrons. The van der Waals surface area contributed by atoms with Crippen molar-refractivity contribution in [2.75, 3.05) is 18.0 Å². The minimum Gasteiger partial charge on any atom is -0.505 e. The fourth-order valence-electron chi connectivity index (χ4n) is 1.71. The summed E-state index contributed by atoms with van der Waals surface area (Å²) in [5, 5.41) is 9.02. The van der Waals surface area contributed by atoms with Gasteiger partial charge in [-0.15, -0.1) is 0 Å². The number of aromatic hydroxyl groups is 1. The standard InChI is InChI=1S/C10H13FN2O/c11-9-5-8(1-2-10(9)14)13-4-3-7(12)6-13/h1-2,5,7,14H,3-4,6,12H2. The van der Waals surface area contributed by atoms with Crippen LogP contribution >= 0.6 is 0 Å². The molecule has 0 aromatic heterocycles. The van der Waals surface area contributed by atoms with E-state index in [0.29, 0.717) is 0 Å². The molecule has 14 heavy (non-hydrogen) atoms. The second-order valence-electron chi connectivity index (χ2n) is 3.63. The van der Waals surface area contributed by atoms with E-state index in [1.807, 2.05) is 4.90 Å². The average Bonchev–Trinajstić information content (AvgIpc) is 2.57. The first kappa shape index (κ1) is 9.27. The molecule has 1 atom stereocenters. The van der Waals surface area contributed by atoms with Crippen molar-refractivity contribution < 1.29 is 9.50 Å². The van der Waals surface area contributed by atoms with Gasteiger partial charge in [0.25, 0.3) is 0 Å². The van der Waals surface area contributed by atoms with Gasteiger partial charge in [-0.2, -0.15) is 0 Å².